The molecule has 2 amide bonds. The van der Waals surface area contributed by atoms with E-state index in [1.165, 1.54) is 24.1 Å². The van der Waals surface area contributed by atoms with E-state index in [2.05, 4.69) is 5.32 Å². The monoisotopic (exact) mass is 454 g/mol. The first kappa shape index (κ1) is 23.3. The molecular formula is C25H24ClFN2O3. The zero-order valence-corrected chi connectivity index (χ0v) is 18.6. The van der Waals surface area contributed by atoms with Gasteiger partial charge in [0.2, 0.25) is 5.91 Å². The second-order valence-electron chi connectivity index (χ2n) is 7.34. The molecule has 1 atom stereocenters. The number of methoxy groups -OCH3 is 1. The fourth-order valence-electron chi connectivity index (χ4n) is 3.32. The van der Waals surface area contributed by atoms with E-state index in [-0.39, 0.29) is 30.5 Å². The van der Waals surface area contributed by atoms with Crippen molar-refractivity contribution >= 4 is 23.4 Å². The molecule has 0 spiro atoms. The lowest BCUT2D eigenvalue weighted by molar-refractivity contribution is -0.130. The number of carbonyl (C=O) groups is 2. The number of hydrogen-bond donors (Lipinski definition) is 1. The average Bonchev–Trinajstić information content (AvgIpc) is 2.79. The number of nitrogens with one attached hydrogen (secondary N) is 1. The molecule has 3 aromatic rings. The first-order valence-corrected chi connectivity index (χ1v) is 10.4. The second kappa shape index (κ2) is 10.8. The van der Waals surface area contributed by atoms with Crippen LogP contribution < -0.4 is 10.1 Å². The number of ether oxygens (including phenoxy) is 1. The predicted molar refractivity (Wildman–Crippen MR) is 122 cm³/mol. The molecule has 0 aliphatic carbocycles. The summed E-state index contributed by atoms with van der Waals surface area (Å²) in [7, 11) is 3.04. The quantitative estimate of drug-likeness (QED) is 0.520. The van der Waals surface area contributed by atoms with Crippen molar-refractivity contribution < 1.29 is 18.7 Å². The largest absolute Gasteiger partial charge is 0.494 e. The van der Waals surface area contributed by atoms with E-state index in [1.54, 1.807) is 37.4 Å². The fraction of sp³-hybridized carbons (Fsp3) is 0.200. The van der Waals surface area contributed by atoms with E-state index in [1.807, 2.05) is 30.3 Å². The third-order valence-electron chi connectivity index (χ3n) is 5.07. The van der Waals surface area contributed by atoms with Crippen LogP contribution in [0.1, 0.15) is 33.9 Å². The molecule has 3 rings (SSSR count). The van der Waals surface area contributed by atoms with Crippen LogP contribution in [0.15, 0.2) is 72.8 Å². The first-order valence-electron chi connectivity index (χ1n) is 10.1. The minimum atomic E-state index is -0.553. The number of amides is 2. The number of carbonyl (C=O) groups excluding carboxylic acids is 2. The maximum atomic E-state index is 14.0. The summed E-state index contributed by atoms with van der Waals surface area (Å²) in [5, 5.41) is 3.25. The Morgan fingerprint density at radius 1 is 1.06 bits per heavy atom. The van der Waals surface area contributed by atoms with E-state index in [9.17, 15) is 14.0 Å². The van der Waals surface area contributed by atoms with Gasteiger partial charge in [0.05, 0.1) is 30.2 Å². The molecule has 5 nitrogen and oxygen atoms in total. The van der Waals surface area contributed by atoms with E-state index in [0.717, 1.165) is 5.56 Å². The molecule has 0 bridgehead atoms. The molecule has 0 aliphatic rings. The molecule has 0 heterocycles. The third-order valence-corrected chi connectivity index (χ3v) is 5.40. The molecule has 1 N–H and O–H groups in total. The lowest BCUT2D eigenvalue weighted by Crippen LogP contribution is -2.34. The van der Waals surface area contributed by atoms with Crippen molar-refractivity contribution in [3.05, 3.63) is 100 Å². The fourth-order valence-corrected chi connectivity index (χ4v) is 3.54. The highest BCUT2D eigenvalue weighted by Gasteiger charge is 2.22. The van der Waals surface area contributed by atoms with Crippen LogP contribution in [0.4, 0.5) is 4.39 Å². The van der Waals surface area contributed by atoms with Crippen LogP contribution in [0, 0.1) is 5.82 Å². The number of halogens is 2. The predicted octanol–water partition coefficient (Wildman–Crippen LogP) is 5.01. The van der Waals surface area contributed by atoms with Gasteiger partial charge in [-0.25, -0.2) is 4.39 Å². The summed E-state index contributed by atoms with van der Waals surface area (Å²) in [5.74, 6) is -0.902. The average molecular weight is 455 g/mol. The minimum absolute atomic E-state index is 0.0370. The van der Waals surface area contributed by atoms with Crippen molar-refractivity contribution in [3.8, 4) is 5.75 Å². The zero-order valence-electron chi connectivity index (χ0n) is 17.8. The summed E-state index contributed by atoms with van der Waals surface area (Å²) in [6.07, 6.45) is 0.0370. The van der Waals surface area contributed by atoms with Crippen LogP contribution in [-0.2, 0) is 11.3 Å². The van der Waals surface area contributed by atoms with Crippen molar-refractivity contribution in [3.63, 3.8) is 0 Å². The standard InChI is InChI=1S/C25H24ClFN2O3/c1-29(16-17-12-13-23(32-2)21(27)14-17)24(30)15-22(18-8-4-3-5-9-18)28-25(31)19-10-6-7-11-20(19)26/h3-14,22H,15-16H2,1-2H3,(H,28,31)/t22-/m0/s1. The number of hydrogen-bond acceptors (Lipinski definition) is 3. The zero-order chi connectivity index (χ0) is 23.1. The highest BCUT2D eigenvalue weighted by Crippen LogP contribution is 2.22. The van der Waals surface area contributed by atoms with Gasteiger partial charge in [-0.15, -0.1) is 0 Å². The van der Waals surface area contributed by atoms with Gasteiger partial charge in [-0.3, -0.25) is 9.59 Å². The summed E-state index contributed by atoms with van der Waals surface area (Å²) in [5.41, 5.74) is 1.77. The van der Waals surface area contributed by atoms with E-state index in [0.29, 0.717) is 16.1 Å². The summed E-state index contributed by atoms with van der Waals surface area (Å²) >= 11 is 6.15. The molecule has 166 valence electrons. The maximum absolute atomic E-state index is 14.0. The highest BCUT2D eigenvalue weighted by atomic mass is 35.5. The molecule has 32 heavy (non-hydrogen) atoms. The Morgan fingerprint density at radius 3 is 2.41 bits per heavy atom. The van der Waals surface area contributed by atoms with Crippen molar-refractivity contribution in [2.24, 2.45) is 0 Å². The second-order valence-corrected chi connectivity index (χ2v) is 7.75. The van der Waals surface area contributed by atoms with Gasteiger partial charge < -0.3 is 15.0 Å². The summed E-state index contributed by atoms with van der Waals surface area (Å²) in [6.45, 7) is 0.222. The molecule has 0 saturated carbocycles. The van der Waals surface area contributed by atoms with Gasteiger partial charge in [-0.2, -0.15) is 0 Å². The van der Waals surface area contributed by atoms with Crippen molar-refractivity contribution in [2.45, 2.75) is 19.0 Å². The molecule has 0 saturated heterocycles. The Balaban J connectivity index is 1.74. The van der Waals surface area contributed by atoms with E-state index >= 15 is 0 Å². The first-order chi connectivity index (χ1) is 15.4. The van der Waals surface area contributed by atoms with Crippen LogP contribution in [0.25, 0.3) is 0 Å². The molecule has 7 heteroatoms. The van der Waals surface area contributed by atoms with Gasteiger partial charge in [0.1, 0.15) is 0 Å². The van der Waals surface area contributed by atoms with Gasteiger partial charge in [-0.05, 0) is 35.4 Å². The van der Waals surface area contributed by atoms with Crippen molar-refractivity contribution in [1.29, 1.82) is 0 Å². The summed E-state index contributed by atoms with van der Waals surface area (Å²) in [6, 6.07) is 20.0. The van der Waals surface area contributed by atoms with E-state index in [4.69, 9.17) is 16.3 Å². The number of nitrogens with zero attached hydrogens (tertiary/aromatic N) is 1. The Labute approximate surface area is 191 Å². The third kappa shape index (κ3) is 5.86. The minimum Gasteiger partial charge on any atom is -0.494 e. The van der Waals surface area contributed by atoms with Gasteiger partial charge >= 0.3 is 0 Å². The van der Waals surface area contributed by atoms with Gasteiger partial charge in [0.25, 0.3) is 5.91 Å². The lowest BCUT2D eigenvalue weighted by atomic mass is 10.0. The van der Waals surface area contributed by atoms with Crippen LogP contribution >= 0.6 is 11.6 Å². The van der Waals surface area contributed by atoms with Gasteiger partial charge in [0.15, 0.2) is 11.6 Å². The Morgan fingerprint density at radius 2 is 1.75 bits per heavy atom. The van der Waals surface area contributed by atoms with Crippen molar-refractivity contribution in [2.75, 3.05) is 14.2 Å². The number of benzene rings is 3. The van der Waals surface area contributed by atoms with Crippen molar-refractivity contribution in [1.82, 2.24) is 10.2 Å². The molecule has 0 fully saturated rings. The Hall–Kier alpha value is -3.38. The van der Waals surface area contributed by atoms with Gasteiger partial charge in [0, 0.05) is 13.6 Å². The van der Waals surface area contributed by atoms with Crippen LogP contribution in [-0.4, -0.2) is 30.9 Å². The molecule has 0 aliphatic heterocycles. The Bertz CT molecular complexity index is 1090. The molecular weight excluding hydrogens is 431 g/mol. The molecule has 0 unspecified atom stereocenters. The maximum Gasteiger partial charge on any atom is 0.253 e. The van der Waals surface area contributed by atoms with Crippen LogP contribution in [0.5, 0.6) is 5.75 Å². The lowest BCUT2D eigenvalue weighted by Gasteiger charge is -2.23. The summed E-state index contributed by atoms with van der Waals surface area (Å²) < 4.78 is 18.9. The molecule has 3 aromatic carbocycles. The molecule has 0 radical (unpaired) electrons. The Kier molecular flexibility index (Phi) is 7.84. The van der Waals surface area contributed by atoms with Gasteiger partial charge in [-0.1, -0.05) is 60.1 Å². The normalized spacial score (nSPS) is 11.5. The van der Waals surface area contributed by atoms with E-state index < -0.39 is 11.9 Å². The topological polar surface area (TPSA) is 58.6 Å². The number of rotatable bonds is 8. The summed E-state index contributed by atoms with van der Waals surface area (Å²) in [4.78, 5) is 27.3. The SMILES string of the molecule is COc1ccc(CN(C)C(=O)C[C@H](NC(=O)c2ccccc2Cl)c2ccccc2)cc1F. The smallest absolute Gasteiger partial charge is 0.253 e. The van der Waals surface area contributed by atoms with Crippen LogP contribution in [0.2, 0.25) is 5.02 Å². The molecule has 0 aromatic heterocycles. The van der Waals surface area contributed by atoms with Crippen LogP contribution in [0.3, 0.4) is 0 Å². The highest BCUT2D eigenvalue weighted by molar-refractivity contribution is 6.33.